The molecule has 4 heteroatoms. The van der Waals surface area contributed by atoms with E-state index in [4.69, 9.17) is 0 Å². The molecule has 0 spiro atoms. The highest BCUT2D eigenvalue weighted by Gasteiger charge is 2.40. The van der Waals surface area contributed by atoms with Crippen LogP contribution in [0.25, 0.3) is 0 Å². The van der Waals surface area contributed by atoms with Gasteiger partial charge < -0.3 is 10.2 Å². The van der Waals surface area contributed by atoms with Crippen LogP contribution in [-0.2, 0) is 5.41 Å². The molecule has 2 amide bonds. The Balaban J connectivity index is 1.65. The molecule has 29 heavy (non-hydrogen) atoms. The number of rotatable bonds is 2. The van der Waals surface area contributed by atoms with Crippen LogP contribution >= 0.6 is 0 Å². The number of hydrogen-bond donors (Lipinski definition) is 1. The second-order valence-corrected chi connectivity index (χ2v) is 9.41. The molecule has 2 aliphatic heterocycles. The van der Waals surface area contributed by atoms with Crippen molar-refractivity contribution in [2.24, 2.45) is 0 Å². The summed E-state index contributed by atoms with van der Waals surface area (Å²) in [4.78, 5) is 18.0. The van der Waals surface area contributed by atoms with E-state index in [1.54, 1.807) is 0 Å². The first-order valence-electron chi connectivity index (χ1n) is 10.9. The molecule has 2 fully saturated rings. The lowest BCUT2D eigenvalue weighted by molar-refractivity contribution is 0.154. The molecule has 2 heterocycles. The first-order valence-corrected chi connectivity index (χ1v) is 10.9. The van der Waals surface area contributed by atoms with Crippen molar-refractivity contribution >= 4 is 11.7 Å². The van der Waals surface area contributed by atoms with E-state index >= 15 is 0 Å². The molecule has 0 aromatic heterocycles. The van der Waals surface area contributed by atoms with Crippen LogP contribution < -0.4 is 5.32 Å². The summed E-state index contributed by atoms with van der Waals surface area (Å²) >= 11 is 0. The molecule has 4 rings (SSSR count). The van der Waals surface area contributed by atoms with Gasteiger partial charge in [-0.1, -0.05) is 63.2 Å². The van der Waals surface area contributed by atoms with Crippen molar-refractivity contribution in [1.82, 2.24) is 9.80 Å². The normalized spacial score (nSPS) is 22.8. The molecule has 2 aromatic carbocycles. The quantitative estimate of drug-likeness (QED) is 0.741. The van der Waals surface area contributed by atoms with Gasteiger partial charge in [0.1, 0.15) is 0 Å². The number of benzene rings is 2. The predicted octanol–water partition coefficient (Wildman–Crippen LogP) is 5.43. The number of hydrogen-bond acceptors (Lipinski definition) is 2. The lowest BCUT2D eigenvalue weighted by Crippen LogP contribution is -2.44. The number of fused-ring (bicyclic) bond motifs is 1. The summed E-state index contributed by atoms with van der Waals surface area (Å²) in [7, 11) is 0. The minimum absolute atomic E-state index is 0.00912. The maximum atomic E-state index is 13.3. The molecule has 0 aliphatic carbocycles. The molecular formula is C25H33N3O. The largest absolute Gasteiger partial charge is 0.322 e. The van der Waals surface area contributed by atoms with Crippen LogP contribution in [0.1, 0.15) is 57.2 Å². The van der Waals surface area contributed by atoms with E-state index in [-0.39, 0.29) is 17.5 Å². The van der Waals surface area contributed by atoms with Crippen LogP contribution in [-0.4, -0.2) is 41.5 Å². The molecule has 2 aromatic rings. The summed E-state index contributed by atoms with van der Waals surface area (Å²) in [5, 5.41) is 3.12. The number of carbonyl (C=O) groups is 1. The summed E-state index contributed by atoms with van der Waals surface area (Å²) in [6, 6.07) is 19.3. The van der Waals surface area contributed by atoms with E-state index in [0.29, 0.717) is 6.04 Å². The van der Waals surface area contributed by atoms with Crippen molar-refractivity contribution in [2.75, 3.05) is 25.0 Å². The number of nitrogens with zero attached hydrogens (tertiary/aromatic N) is 2. The van der Waals surface area contributed by atoms with E-state index in [1.165, 1.54) is 17.5 Å². The van der Waals surface area contributed by atoms with Crippen molar-refractivity contribution < 1.29 is 4.79 Å². The lowest BCUT2D eigenvalue weighted by atomic mass is 9.85. The molecule has 2 saturated heterocycles. The number of carbonyl (C=O) groups excluding carboxylic acids is 1. The fraction of sp³-hybridized carbons (Fsp3) is 0.480. The minimum Gasteiger partial charge on any atom is -0.316 e. The molecule has 2 atom stereocenters. The fourth-order valence-electron chi connectivity index (χ4n) is 4.81. The third-order valence-corrected chi connectivity index (χ3v) is 6.36. The van der Waals surface area contributed by atoms with Gasteiger partial charge in [0, 0.05) is 24.8 Å². The van der Waals surface area contributed by atoms with Crippen molar-refractivity contribution in [3.8, 4) is 0 Å². The minimum atomic E-state index is 0.00912. The number of para-hydroxylation sites is 1. The third kappa shape index (κ3) is 4.32. The molecule has 2 aliphatic rings. The van der Waals surface area contributed by atoms with Crippen LogP contribution in [0, 0.1) is 0 Å². The van der Waals surface area contributed by atoms with Crippen LogP contribution in [0.5, 0.6) is 0 Å². The SMILES string of the molecule is CC(C)(C)c1ccc(C2C3CCCN3CCCN2C(=O)Nc2ccccc2)cc1. The molecule has 0 radical (unpaired) electrons. The van der Waals surface area contributed by atoms with Gasteiger partial charge >= 0.3 is 6.03 Å². The second-order valence-electron chi connectivity index (χ2n) is 9.41. The Morgan fingerprint density at radius 1 is 0.931 bits per heavy atom. The first kappa shape index (κ1) is 20.0. The highest BCUT2D eigenvalue weighted by atomic mass is 16.2. The molecule has 0 saturated carbocycles. The molecule has 154 valence electrons. The van der Waals surface area contributed by atoms with Crippen LogP contribution in [0.2, 0.25) is 0 Å². The van der Waals surface area contributed by atoms with E-state index in [0.717, 1.165) is 38.2 Å². The molecule has 1 N–H and O–H groups in total. The summed E-state index contributed by atoms with van der Waals surface area (Å²) < 4.78 is 0. The summed E-state index contributed by atoms with van der Waals surface area (Å²) in [6.07, 6.45) is 3.39. The monoisotopic (exact) mass is 391 g/mol. The van der Waals surface area contributed by atoms with Crippen LogP contribution in [0.15, 0.2) is 54.6 Å². The molecular weight excluding hydrogens is 358 g/mol. The van der Waals surface area contributed by atoms with Crippen molar-refractivity contribution in [3.63, 3.8) is 0 Å². The molecule has 4 nitrogen and oxygen atoms in total. The highest BCUT2D eigenvalue weighted by molar-refractivity contribution is 5.89. The maximum Gasteiger partial charge on any atom is 0.322 e. The van der Waals surface area contributed by atoms with E-state index in [2.05, 4.69) is 60.2 Å². The van der Waals surface area contributed by atoms with Gasteiger partial charge in [-0.05, 0) is 54.5 Å². The Morgan fingerprint density at radius 3 is 2.31 bits per heavy atom. The predicted molar refractivity (Wildman–Crippen MR) is 119 cm³/mol. The van der Waals surface area contributed by atoms with Gasteiger partial charge in [-0.2, -0.15) is 0 Å². The topological polar surface area (TPSA) is 35.6 Å². The van der Waals surface area contributed by atoms with Gasteiger partial charge in [-0.3, -0.25) is 4.90 Å². The van der Waals surface area contributed by atoms with Crippen molar-refractivity contribution in [1.29, 1.82) is 0 Å². The lowest BCUT2D eigenvalue weighted by Gasteiger charge is -2.36. The van der Waals surface area contributed by atoms with Crippen molar-refractivity contribution in [3.05, 3.63) is 65.7 Å². The van der Waals surface area contributed by atoms with Gasteiger partial charge in [0.2, 0.25) is 0 Å². The maximum absolute atomic E-state index is 13.3. The molecule has 2 unspecified atom stereocenters. The summed E-state index contributed by atoms with van der Waals surface area (Å²) in [5.74, 6) is 0. The van der Waals surface area contributed by atoms with E-state index < -0.39 is 0 Å². The summed E-state index contributed by atoms with van der Waals surface area (Å²) in [6.45, 7) is 9.74. The fourth-order valence-corrected chi connectivity index (χ4v) is 4.81. The third-order valence-electron chi connectivity index (χ3n) is 6.36. The van der Waals surface area contributed by atoms with Gasteiger partial charge in [0.15, 0.2) is 0 Å². The number of anilines is 1. The standard InChI is InChI=1S/C25H33N3O/c1-25(2,3)20-14-12-19(13-15-20)23-22-11-7-16-27(22)17-8-18-28(23)24(29)26-21-9-5-4-6-10-21/h4-6,9-10,12-15,22-23H,7-8,11,16-18H2,1-3H3,(H,26,29). The Labute approximate surface area is 174 Å². The second kappa shape index (κ2) is 8.19. The Hall–Kier alpha value is -2.33. The number of amides is 2. The smallest absolute Gasteiger partial charge is 0.316 e. The van der Waals surface area contributed by atoms with E-state index in [1.807, 2.05) is 30.3 Å². The average molecular weight is 392 g/mol. The zero-order chi connectivity index (χ0) is 20.4. The van der Waals surface area contributed by atoms with E-state index in [9.17, 15) is 4.79 Å². The van der Waals surface area contributed by atoms with Crippen LogP contribution in [0.3, 0.4) is 0 Å². The molecule has 0 bridgehead atoms. The number of nitrogens with one attached hydrogen (secondary N) is 1. The Morgan fingerprint density at radius 2 is 1.62 bits per heavy atom. The van der Waals surface area contributed by atoms with Gasteiger partial charge in [-0.25, -0.2) is 4.79 Å². The zero-order valence-corrected chi connectivity index (χ0v) is 17.9. The van der Waals surface area contributed by atoms with Crippen LogP contribution in [0.4, 0.5) is 10.5 Å². The van der Waals surface area contributed by atoms with Crippen molar-refractivity contribution in [2.45, 2.75) is 57.5 Å². The van der Waals surface area contributed by atoms with Gasteiger partial charge in [0.25, 0.3) is 0 Å². The highest BCUT2D eigenvalue weighted by Crippen LogP contribution is 2.37. The first-order chi connectivity index (χ1) is 13.9. The average Bonchev–Trinajstić information content (AvgIpc) is 3.08. The Kier molecular flexibility index (Phi) is 5.64. The van der Waals surface area contributed by atoms with Gasteiger partial charge in [-0.15, -0.1) is 0 Å². The number of urea groups is 1. The Bertz CT molecular complexity index is 825. The van der Waals surface area contributed by atoms with Gasteiger partial charge in [0.05, 0.1) is 6.04 Å². The summed E-state index contributed by atoms with van der Waals surface area (Å²) in [5.41, 5.74) is 3.57. The zero-order valence-electron chi connectivity index (χ0n) is 17.9.